The van der Waals surface area contributed by atoms with Crippen LogP contribution in [-0.2, 0) is 11.3 Å². The quantitative estimate of drug-likeness (QED) is 0.735. The Hall–Kier alpha value is -1.29. The number of amides is 1. The largest absolute Gasteiger partial charge is 0.352 e. The van der Waals surface area contributed by atoms with Gasteiger partial charge < -0.3 is 15.2 Å². The average Bonchev–Trinajstić information content (AvgIpc) is 2.86. The van der Waals surface area contributed by atoms with Crippen molar-refractivity contribution < 1.29 is 4.79 Å². The first kappa shape index (κ1) is 17.8. The predicted octanol–water partition coefficient (Wildman–Crippen LogP) is 3.10. The van der Waals surface area contributed by atoms with Crippen molar-refractivity contribution in [3.8, 4) is 0 Å². The molecular formula is C17H31N3O. The zero-order valence-corrected chi connectivity index (χ0v) is 14.1. The van der Waals surface area contributed by atoms with Gasteiger partial charge in [0.05, 0.1) is 0 Å². The molecule has 0 radical (unpaired) electrons. The lowest BCUT2D eigenvalue weighted by molar-refractivity contribution is -0.122. The highest BCUT2D eigenvalue weighted by Crippen LogP contribution is 2.21. The fourth-order valence-electron chi connectivity index (χ4n) is 2.37. The number of aromatic nitrogens is 1. The molecule has 21 heavy (non-hydrogen) atoms. The number of carbonyl (C=O) groups is 1. The summed E-state index contributed by atoms with van der Waals surface area (Å²) in [6.45, 7) is 12.1. The van der Waals surface area contributed by atoms with Gasteiger partial charge in [0.25, 0.3) is 0 Å². The van der Waals surface area contributed by atoms with Crippen LogP contribution in [-0.4, -0.2) is 23.1 Å². The molecule has 2 unspecified atom stereocenters. The Morgan fingerprint density at radius 1 is 1.29 bits per heavy atom. The van der Waals surface area contributed by atoms with E-state index in [9.17, 15) is 4.79 Å². The third-order valence-electron chi connectivity index (χ3n) is 3.76. The summed E-state index contributed by atoms with van der Waals surface area (Å²) in [6.07, 6.45) is 6.17. The topological polar surface area (TPSA) is 46.1 Å². The molecular weight excluding hydrogens is 262 g/mol. The fraction of sp³-hybridized carbons (Fsp3) is 0.706. The molecule has 2 N–H and O–H groups in total. The van der Waals surface area contributed by atoms with Crippen LogP contribution in [0.3, 0.4) is 0 Å². The van der Waals surface area contributed by atoms with Crippen LogP contribution in [0.15, 0.2) is 18.5 Å². The molecule has 2 atom stereocenters. The van der Waals surface area contributed by atoms with Crippen LogP contribution in [0.2, 0.25) is 0 Å². The van der Waals surface area contributed by atoms with Gasteiger partial charge in [0.2, 0.25) is 5.91 Å². The first-order valence-electron chi connectivity index (χ1n) is 8.16. The van der Waals surface area contributed by atoms with Crippen LogP contribution in [0.4, 0.5) is 0 Å². The summed E-state index contributed by atoms with van der Waals surface area (Å²) in [6, 6.07) is 2.70. The molecule has 1 aromatic heterocycles. The zero-order chi connectivity index (χ0) is 15.8. The standard InChI is InChI=1S/C17H31N3O/c1-6-9-18-17(13(3)4)15-8-10-20(11-15)12-16(21)19-14(5)7-2/h8,10-11,13-14,17-18H,6-7,9,12H2,1-5H3,(H,19,21). The summed E-state index contributed by atoms with van der Waals surface area (Å²) in [7, 11) is 0. The number of rotatable bonds is 9. The first-order valence-corrected chi connectivity index (χ1v) is 8.16. The lowest BCUT2D eigenvalue weighted by Crippen LogP contribution is -2.34. The van der Waals surface area contributed by atoms with E-state index in [1.807, 2.05) is 17.7 Å². The number of hydrogen-bond acceptors (Lipinski definition) is 2. The monoisotopic (exact) mass is 293 g/mol. The van der Waals surface area contributed by atoms with Crippen molar-refractivity contribution in [1.29, 1.82) is 0 Å². The van der Waals surface area contributed by atoms with Gasteiger partial charge in [-0.25, -0.2) is 0 Å². The molecule has 0 aromatic carbocycles. The van der Waals surface area contributed by atoms with Crippen LogP contribution in [0.5, 0.6) is 0 Å². The Morgan fingerprint density at radius 3 is 2.57 bits per heavy atom. The summed E-state index contributed by atoms with van der Waals surface area (Å²) in [4.78, 5) is 11.9. The molecule has 0 spiro atoms. The van der Waals surface area contributed by atoms with Crippen molar-refractivity contribution in [2.45, 2.75) is 66.1 Å². The number of carbonyl (C=O) groups excluding carboxylic acids is 1. The van der Waals surface area contributed by atoms with E-state index >= 15 is 0 Å². The molecule has 120 valence electrons. The molecule has 4 nitrogen and oxygen atoms in total. The van der Waals surface area contributed by atoms with Crippen LogP contribution in [0.1, 0.15) is 59.1 Å². The lowest BCUT2D eigenvalue weighted by Gasteiger charge is -2.21. The maximum absolute atomic E-state index is 11.9. The van der Waals surface area contributed by atoms with Crippen LogP contribution < -0.4 is 10.6 Å². The Bertz CT molecular complexity index is 425. The van der Waals surface area contributed by atoms with Crippen LogP contribution in [0.25, 0.3) is 0 Å². The van der Waals surface area contributed by atoms with Crippen molar-refractivity contribution in [2.24, 2.45) is 5.92 Å². The minimum atomic E-state index is 0.0779. The van der Waals surface area contributed by atoms with Gasteiger partial charge in [-0.2, -0.15) is 0 Å². The van der Waals surface area contributed by atoms with E-state index in [0.29, 0.717) is 18.5 Å². The SMILES string of the molecule is CCCNC(c1ccn(CC(=O)NC(C)CC)c1)C(C)C. The second-order valence-corrected chi connectivity index (χ2v) is 6.17. The average molecular weight is 293 g/mol. The minimum absolute atomic E-state index is 0.0779. The molecule has 0 aliphatic carbocycles. The Kier molecular flexibility index (Phi) is 7.51. The maximum atomic E-state index is 11.9. The third kappa shape index (κ3) is 5.92. The maximum Gasteiger partial charge on any atom is 0.240 e. The van der Waals surface area contributed by atoms with Gasteiger partial charge in [-0.1, -0.05) is 27.7 Å². The predicted molar refractivity (Wildman–Crippen MR) is 88.2 cm³/mol. The molecule has 1 rings (SSSR count). The summed E-state index contributed by atoms with van der Waals surface area (Å²) < 4.78 is 1.97. The van der Waals surface area contributed by atoms with Crippen LogP contribution in [0, 0.1) is 5.92 Å². The van der Waals surface area contributed by atoms with E-state index in [-0.39, 0.29) is 11.9 Å². The van der Waals surface area contributed by atoms with E-state index in [2.05, 4.69) is 50.6 Å². The van der Waals surface area contributed by atoms with Gasteiger partial charge in [-0.15, -0.1) is 0 Å². The highest BCUT2D eigenvalue weighted by Gasteiger charge is 2.16. The van der Waals surface area contributed by atoms with E-state index in [1.165, 1.54) is 5.56 Å². The molecule has 0 saturated carbocycles. The summed E-state index contributed by atoms with van der Waals surface area (Å²) in [5, 5.41) is 6.58. The molecule has 1 aromatic rings. The van der Waals surface area contributed by atoms with Gasteiger partial charge in [-0.3, -0.25) is 4.79 Å². The number of hydrogen-bond donors (Lipinski definition) is 2. The van der Waals surface area contributed by atoms with Gasteiger partial charge in [-0.05, 0) is 43.9 Å². The van der Waals surface area contributed by atoms with Crippen molar-refractivity contribution in [1.82, 2.24) is 15.2 Å². The molecule has 1 heterocycles. The second kappa shape index (κ2) is 8.88. The molecule has 4 heteroatoms. The van der Waals surface area contributed by atoms with E-state index in [0.717, 1.165) is 19.4 Å². The van der Waals surface area contributed by atoms with E-state index in [1.54, 1.807) is 0 Å². The number of nitrogens with zero attached hydrogens (tertiary/aromatic N) is 1. The Labute approximate surface area is 129 Å². The molecule has 0 bridgehead atoms. The highest BCUT2D eigenvalue weighted by molar-refractivity contribution is 5.76. The van der Waals surface area contributed by atoms with Crippen molar-refractivity contribution in [3.63, 3.8) is 0 Å². The third-order valence-corrected chi connectivity index (χ3v) is 3.76. The van der Waals surface area contributed by atoms with E-state index < -0.39 is 0 Å². The Balaban J connectivity index is 2.64. The lowest BCUT2D eigenvalue weighted by atomic mass is 9.98. The second-order valence-electron chi connectivity index (χ2n) is 6.17. The molecule has 0 saturated heterocycles. The highest BCUT2D eigenvalue weighted by atomic mass is 16.2. The summed E-state index contributed by atoms with van der Waals surface area (Å²) in [5.41, 5.74) is 1.26. The van der Waals surface area contributed by atoms with Gasteiger partial charge in [0.15, 0.2) is 0 Å². The molecule has 1 amide bonds. The minimum Gasteiger partial charge on any atom is -0.352 e. The zero-order valence-electron chi connectivity index (χ0n) is 14.1. The van der Waals surface area contributed by atoms with Crippen LogP contribution >= 0.6 is 0 Å². The molecule has 0 fully saturated rings. The molecule has 0 aliphatic rings. The normalized spacial score (nSPS) is 14.2. The van der Waals surface area contributed by atoms with Gasteiger partial charge >= 0.3 is 0 Å². The molecule has 0 aliphatic heterocycles. The number of nitrogens with one attached hydrogen (secondary N) is 2. The van der Waals surface area contributed by atoms with Gasteiger partial charge in [0.1, 0.15) is 6.54 Å². The summed E-state index contributed by atoms with van der Waals surface area (Å²) in [5.74, 6) is 0.607. The first-order chi connectivity index (χ1) is 9.97. The summed E-state index contributed by atoms with van der Waals surface area (Å²) >= 11 is 0. The van der Waals surface area contributed by atoms with Crippen molar-refractivity contribution in [2.75, 3.05) is 6.54 Å². The van der Waals surface area contributed by atoms with Crippen molar-refractivity contribution in [3.05, 3.63) is 24.0 Å². The Morgan fingerprint density at radius 2 is 2.00 bits per heavy atom. The van der Waals surface area contributed by atoms with Gasteiger partial charge in [0, 0.05) is 24.5 Å². The fourth-order valence-corrected chi connectivity index (χ4v) is 2.37. The van der Waals surface area contributed by atoms with E-state index in [4.69, 9.17) is 0 Å². The van der Waals surface area contributed by atoms with Crippen molar-refractivity contribution >= 4 is 5.91 Å². The smallest absolute Gasteiger partial charge is 0.240 e.